The minimum Gasteiger partial charge on any atom is -0.382 e. The standard InChI is InChI=1S/C14H31NO2/c1-3-5-6-8-13-17-14-11-15-10-7-9-12-16-4-2/h15H,3-14H2,1-2H3. The molecule has 0 rings (SSSR count). The second-order valence-electron chi connectivity index (χ2n) is 4.33. The molecule has 0 aromatic carbocycles. The van der Waals surface area contributed by atoms with E-state index in [4.69, 9.17) is 9.47 Å². The first-order chi connectivity index (χ1) is 8.41. The van der Waals surface area contributed by atoms with Gasteiger partial charge in [0.05, 0.1) is 6.61 Å². The number of nitrogens with one attached hydrogen (secondary N) is 1. The fraction of sp³-hybridized carbons (Fsp3) is 1.00. The summed E-state index contributed by atoms with van der Waals surface area (Å²) in [6, 6.07) is 0. The zero-order valence-electron chi connectivity index (χ0n) is 11.8. The van der Waals surface area contributed by atoms with Crippen LogP contribution in [-0.2, 0) is 9.47 Å². The zero-order chi connectivity index (χ0) is 12.6. The van der Waals surface area contributed by atoms with Gasteiger partial charge in [0.25, 0.3) is 0 Å². The van der Waals surface area contributed by atoms with Crippen molar-refractivity contribution in [2.75, 3.05) is 39.5 Å². The van der Waals surface area contributed by atoms with Crippen LogP contribution in [0.15, 0.2) is 0 Å². The fourth-order valence-electron chi connectivity index (χ4n) is 1.60. The molecule has 0 saturated carbocycles. The molecule has 0 saturated heterocycles. The summed E-state index contributed by atoms with van der Waals surface area (Å²) in [4.78, 5) is 0. The molecule has 0 aliphatic rings. The molecule has 0 amide bonds. The molecule has 3 heteroatoms. The third kappa shape index (κ3) is 15.9. The molecule has 0 bridgehead atoms. The van der Waals surface area contributed by atoms with E-state index in [9.17, 15) is 0 Å². The van der Waals surface area contributed by atoms with Gasteiger partial charge in [0, 0.05) is 26.4 Å². The van der Waals surface area contributed by atoms with Crippen molar-refractivity contribution in [1.29, 1.82) is 0 Å². The Kier molecular flexibility index (Phi) is 15.8. The first-order valence-electron chi connectivity index (χ1n) is 7.28. The van der Waals surface area contributed by atoms with Crippen LogP contribution < -0.4 is 5.32 Å². The Labute approximate surface area is 107 Å². The maximum atomic E-state index is 5.54. The van der Waals surface area contributed by atoms with Crippen LogP contribution in [-0.4, -0.2) is 39.5 Å². The number of hydrogen-bond acceptors (Lipinski definition) is 3. The zero-order valence-corrected chi connectivity index (χ0v) is 11.8. The van der Waals surface area contributed by atoms with Crippen LogP contribution >= 0.6 is 0 Å². The summed E-state index contributed by atoms with van der Waals surface area (Å²) < 4.78 is 10.8. The highest BCUT2D eigenvalue weighted by atomic mass is 16.5. The Morgan fingerprint density at radius 1 is 0.706 bits per heavy atom. The van der Waals surface area contributed by atoms with Crippen molar-refractivity contribution in [2.24, 2.45) is 0 Å². The van der Waals surface area contributed by atoms with Gasteiger partial charge in [0.2, 0.25) is 0 Å². The maximum absolute atomic E-state index is 5.54. The minimum atomic E-state index is 0.833. The van der Waals surface area contributed by atoms with Gasteiger partial charge in [-0.2, -0.15) is 0 Å². The molecule has 1 N–H and O–H groups in total. The van der Waals surface area contributed by atoms with E-state index in [1.807, 2.05) is 6.92 Å². The van der Waals surface area contributed by atoms with Gasteiger partial charge in [-0.05, 0) is 32.7 Å². The van der Waals surface area contributed by atoms with Crippen LogP contribution in [0.25, 0.3) is 0 Å². The monoisotopic (exact) mass is 245 g/mol. The molecule has 0 aliphatic carbocycles. The first kappa shape index (κ1) is 16.9. The third-order valence-electron chi connectivity index (χ3n) is 2.66. The number of rotatable bonds is 14. The van der Waals surface area contributed by atoms with E-state index in [0.29, 0.717) is 0 Å². The van der Waals surface area contributed by atoms with Crippen LogP contribution in [0, 0.1) is 0 Å². The molecule has 0 fully saturated rings. The predicted molar refractivity (Wildman–Crippen MR) is 73.6 cm³/mol. The van der Waals surface area contributed by atoms with Gasteiger partial charge in [0.15, 0.2) is 0 Å². The first-order valence-corrected chi connectivity index (χ1v) is 7.28. The van der Waals surface area contributed by atoms with Crippen molar-refractivity contribution >= 4 is 0 Å². The van der Waals surface area contributed by atoms with Crippen molar-refractivity contribution in [3.05, 3.63) is 0 Å². The second kappa shape index (κ2) is 15.9. The lowest BCUT2D eigenvalue weighted by molar-refractivity contribution is 0.130. The molecule has 0 spiro atoms. The highest BCUT2D eigenvalue weighted by Gasteiger charge is 1.91. The molecule has 0 atom stereocenters. The summed E-state index contributed by atoms with van der Waals surface area (Å²) in [5.74, 6) is 0. The van der Waals surface area contributed by atoms with Crippen molar-refractivity contribution in [1.82, 2.24) is 5.32 Å². The Balaban J connectivity index is 2.85. The molecule has 0 aliphatic heterocycles. The van der Waals surface area contributed by atoms with Crippen LogP contribution in [0.1, 0.15) is 52.4 Å². The molecular weight excluding hydrogens is 214 g/mol. The van der Waals surface area contributed by atoms with Gasteiger partial charge in [-0.3, -0.25) is 0 Å². The van der Waals surface area contributed by atoms with Gasteiger partial charge in [-0.1, -0.05) is 26.2 Å². The second-order valence-corrected chi connectivity index (χ2v) is 4.33. The molecule has 0 radical (unpaired) electrons. The minimum absolute atomic E-state index is 0.833. The SMILES string of the molecule is CCCCCCOCCNCCCCOCC. The Bertz CT molecular complexity index is 117. The Morgan fingerprint density at radius 2 is 1.47 bits per heavy atom. The highest BCUT2D eigenvalue weighted by molar-refractivity contribution is 4.48. The summed E-state index contributed by atoms with van der Waals surface area (Å²) in [6.45, 7) is 9.82. The molecule has 17 heavy (non-hydrogen) atoms. The quantitative estimate of drug-likeness (QED) is 0.477. The highest BCUT2D eigenvalue weighted by Crippen LogP contribution is 1.98. The molecule has 0 heterocycles. The van der Waals surface area contributed by atoms with Crippen LogP contribution in [0.4, 0.5) is 0 Å². The summed E-state index contributed by atoms with van der Waals surface area (Å²) in [5.41, 5.74) is 0. The topological polar surface area (TPSA) is 30.5 Å². The summed E-state index contributed by atoms with van der Waals surface area (Å²) in [6.07, 6.45) is 7.49. The molecule has 0 aromatic heterocycles. The van der Waals surface area contributed by atoms with Gasteiger partial charge in [-0.25, -0.2) is 0 Å². The lowest BCUT2D eigenvalue weighted by Gasteiger charge is -2.06. The summed E-state index contributed by atoms with van der Waals surface area (Å²) in [5, 5.41) is 3.38. The van der Waals surface area contributed by atoms with Gasteiger partial charge < -0.3 is 14.8 Å². The van der Waals surface area contributed by atoms with Crippen molar-refractivity contribution in [3.8, 4) is 0 Å². The van der Waals surface area contributed by atoms with Crippen molar-refractivity contribution in [2.45, 2.75) is 52.4 Å². The molecular formula is C14H31NO2. The van der Waals surface area contributed by atoms with E-state index < -0.39 is 0 Å². The van der Waals surface area contributed by atoms with Crippen LogP contribution in [0.5, 0.6) is 0 Å². The third-order valence-corrected chi connectivity index (χ3v) is 2.66. The van der Waals surface area contributed by atoms with E-state index >= 15 is 0 Å². The lowest BCUT2D eigenvalue weighted by Crippen LogP contribution is -2.21. The molecule has 104 valence electrons. The Morgan fingerprint density at radius 3 is 2.24 bits per heavy atom. The van der Waals surface area contributed by atoms with E-state index in [1.54, 1.807) is 0 Å². The molecule has 0 unspecified atom stereocenters. The summed E-state index contributed by atoms with van der Waals surface area (Å²) in [7, 11) is 0. The van der Waals surface area contributed by atoms with Gasteiger partial charge >= 0.3 is 0 Å². The average Bonchev–Trinajstić information content (AvgIpc) is 2.35. The molecule has 0 aromatic rings. The maximum Gasteiger partial charge on any atom is 0.0590 e. The number of ether oxygens (including phenoxy) is 2. The smallest absolute Gasteiger partial charge is 0.0590 e. The van der Waals surface area contributed by atoms with Crippen LogP contribution in [0.3, 0.4) is 0 Å². The lowest BCUT2D eigenvalue weighted by atomic mass is 10.2. The normalized spacial score (nSPS) is 10.9. The van der Waals surface area contributed by atoms with E-state index in [0.717, 1.165) is 45.9 Å². The fourth-order valence-corrected chi connectivity index (χ4v) is 1.60. The van der Waals surface area contributed by atoms with E-state index in [2.05, 4.69) is 12.2 Å². The van der Waals surface area contributed by atoms with Crippen molar-refractivity contribution < 1.29 is 9.47 Å². The largest absolute Gasteiger partial charge is 0.382 e. The predicted octanol–water partition coefficient (Wildman–Crippen LogP) is 2.99. The average molecular weight is 245 g/mol. The van der Waals surface area contributed by atoms with E-state index in [-0.39, 0.29) is 0 Å². The number of hydrogen-bond donors (Lipinski definition) is 1. The Hall–Kier alpha value is -0.120. The van der Waals surface area contributed by atoms with Crippen LogP contribution in [0.2, 0.25) is 0 Å². The number of unbranched alkanes of at least 4 members (excludes halogenated alkanes) is 4. The van der Waals surface area contributed by atoms with Gasteiger partial charge in [0.1, 0.15) is 0 Å². The van der Waals surface area contributed by atoms with Crippen molar-refractivity contribution in [3.63, 3.8) is 0 Å². The van der Waals surface area contributed by atoms with Gasteiger partial charge in [-0.15, -0.1) is 0 Å². The summed E-state index contributed by atoms with van der Waals surface area (Å²) >= 11 is 0. The van der Waals surface area contributed by atoms with E-state index in [1.165, 1.54) is 32.1 Å². The molecule has 3 nitrogen and oxygen atoms in total.